The molecule has 0 saturated carbocycles. The van der Waals surface area contributed by atoms with E-state index in [0.29, 0.717) is 26.9 Å². The average molecular weight is 387 g/mol. The summed E-state index contributed by atoms with van der Waals surface area (Å²) in [6.07, 6.45) is 2.82. The fraction of sp³-hybridized carbons (Fsp3) is 0.0526. The molecule has 0 fully saturated rings. The minimum atomic E-state index is -0.550. The summed E-state index contributed by atoms with van der Waals surface area (Å²) in [4.78, 5) is 16.9. The first-order valence-electron chi connectivity index (χ1n) is 8.05. The van der Waals surface area contributed by atoms with E-state index in [1.807, 2.05) is 19.1 Å². The number of halogens is 1. The molecule has 3 heterocycles. The van der Waals surface area contributed by atoms with Crippen molar-refractivity contribution in [2.45, 2.75) is 6.92 Å². The fourth-order valence-corrected chi connectivity index (χ4v) is 3.76. The van der Waals surface area contributed by atoms with Gasteiger partial charge in [0.05, 0.1) is 27.5 Å². The molecule has 4 rings (SSSR count). The molecule has 0 aliphatic carbocycles. The highest BCUT2D eigenvalue weighted by molar-refractivity contribution is 7.22. The lowest BCUT2D eigenvalue weighted by Crippen LogP contribution is -1.98. The largest absolute Gasteiger partial charge is 0.324 e. The lowest BCUT2D eigenvalue weighted by atomic mass is 10.1. The molecule has 0 unspecified atom stereocenters. The number of nitrogens with zero attached hydrogens (tertiary/aromatic N) is 6. The molecule has 0 atom stereocenters. The van der Waals surface area contributed by atoms with Crippen molar-refractivity contribution in [3.05, 3.63) is 59.4 Å². The highest BCUT2D eigenvalue weighted by Crippen LogP contribution is 2.38. The Labute approximate surface area is 162 Å². The van der Waals surface area contributed by atoms with Gasteiger partial charge in [0.25, 0.3) is 0 Å². The summed E-state index contributed by atoms with van der Waals surface area (Å²) in [7, 11) is 0. The number of thiazole rings is 1. The van der Waals surface area contributed by atoms with E-state index in [1.54, 1.807) is 6.07 Å². The number of anilines is 2. The van der Waals surface area contributed by atoms with Crippen LogP contribution < -0.4 is 5.32 Å². The maximum atomic E-state index is 14.4. The monoisotopic (exact) mass is 387 g/mol. The number of fused-ring (bicyclic) bond motifs is 1. The molecular weight excluding hydrogens is 377 g/mol. The first-order valence-corrected chi connectivity index (χ1v) is 8.86. The summed E-state index contributed by atoms with van der Waals surface area (Å²) in [6, 6.07) is 10.0. The van der Waals surface area contributed by atoms with Gasteiger partial charge in [-0.3, -0.25) is 0 Å². The van der Waals surface area contributed by atoms with Crippen LogP contribution in [0.3, 0.4) is 0 Å². The van der Waals surface area contributed by atoms with Crippen molar-refractivity contribution in [3.8, 4) is 22.7 Å². The van der Waals surface area contributed by atoms with Crippen LogP contribution in [0.4, 0.5) is 16.0 Å². The number of hydrogen-bond acceptors (Lipinski definition) is 8. The fourth-order valence-electron chi connectivity index (χ4n) is 2.67. The number of benzene rings is 1. The Kier molecular flexibility index (Phi) is 4.36. The number of rotatable bonds is 3. The summed E-state index contributed by atoms with van der Waals surface area (Å²) < 4.78 is 15.0. The molecule has 0 bridgehead atoms. The van der Waals surface area contributed by atoms with Gasteiger partial charge in [0.1, 0.15) is 34.6 Å². The number of hydrogen-bond donors (Lipinski definition) is 1. The molecule has 28 heavy (non-hydrogen) atoms. The Hall–Kier alpha value is -3.95. The highest BCUT2D eigenvalue weighted by Gasteiger charge is 2.19. The van der Waals surface area contributed by atoms with Gasteiger partial charge in [-0.2, -0.15) is 10.5 Å². The minimum Gasteiger partial charge on any atom is -0.324 e. The Morgan fingerprint density at radius 2 is 1.93 bits per heavy atom. The van der Waals surface area contributed by atoms with E-state index in [4.69, 9.17) is 0 Å². The van der Waals surface area contributed by atoms with Crippen molar-refractivity contribution in [2.75, 3.05) is 5.32 Å². The maximum absolute atomic E-state index is 14.4. The topological polar surface area (TPSA) is 111 Å². The molecule has 9 heteroatoms. The van der Waals surface area contributed by atoms with Crippen LogP contribution in [0.15, 0.2) is 36.8 Å². The molecule has 0 spiro atoms. The molecule has 0 saturated heterocycles. The second kappa shape index (κ2) is 6.99. The first-order chi connectivity index (χ1) is 13.6. The van der Waals surface area contributed by atoms with Crippen molar-refractivity contribution in [1.82, 2.24) is 19.9 Å². The molecule has 0 radical (unpaired) electrons. The molecule has 134 valence electrons. The molecule has 0 amide bonds. The van der Waals surface area contributed by atoms with Crippen LogP contribution in [0.25, 0.3) is 20.8 Å². The number of nitrogens with one attached hydrogen (secondary N) is 1. The normalized spacial score (nSPS) is 10.4. The molecule has 0 aliphatic heterocycles. The third-order valence-corrected chi connectivity index (χ3v) is 5.02. The zero-order chi connectivity index (χ0) is 19.7. The van der Waals surface area contributed by atoms with E-state index in [2.05, 4.69) is 25.3 Å². The van der Waals surface area contributed by atoms with Gasteiger partial charge in [-0.1, -0.05) is 6.07 Å². The van der Waals surface area contributed by atoms with Crippen molar-refractivity contribution in [3.63, 3.8) is 0 Å². The molecule has 0 aliphatic rings. The molecule has 4 aromatic rings. The third-order valence-electron chi connectivity index (χ3n) is 3.94. The minimum absolute atomic E-state index is 0.110. The van der Waals surface area contributed by atoms with Crippen LogP contribution in [0.2, 0.25) is 0 Å². The Bertz CT molecular complexity index is 1300. The highest BCUT2D eigenvalue weighted by atomic mass is 32.1. The summed E-state index contributed by atoms with van der Waals surface area (Å²) in [5.74, 6) is 0.417. The predicted molar refractivity (Wildman–Crippen MR) is 102 cm³/mol. The maximum Gasteiger partial charge on any atom is 0.151 e. The SMILES string of the molecule is Cc1cc(Nc2ncc(C#N)c3nc(-c4c(F)cccc4C#N)sc23)ncn1. The second-order valence-corrected chi connectivity index (χ2v) is 6.77. The van der Waals surface area contributed by atoms with E-state index >= 15 is 0 Å². The molecule has 7 nitrogen and oxygen atoms in total. The van der Waals surface area contributed by atoms with E-state index in [9.17, 15) is 14.9 Å². The van der Waals surface area contributed by atoms with Crippen molar-refractivity contribution in [1.29, 1.82) is 10.5 Å². The van der Waals surface area contributed by atoms with Crippen molar-refractivity contribution >= 4 is 33.2 Å². The predicted octanol–water partition coefficient (Wildman–Crippen LogP) is 4.08. The number of aromatic nitrogens is 4. The van der Waals surface area contributed by atoms with E-state index in [1.165, 1.54) is 30.7 Å². The smallest absolute Gasteiger partial charge is 0.151 e. The van der Waals surface area contributed by atoms with Gasteiger partial charge in [0.15, 0.2) is 5.82 Å². The molecular formula is C19H10FN7S. The van der Waals surface area contributed by atoms with Crippen LogP contribution in [0.5, 0.6) is 0 Å². The number of nitriles is 2. The first kappa shape index (κ1) is 17.5. The van der Waals surface area contributed by atoms with E-state index in [-0.39, 0.29) is 16.7 Å². The average Bonchev–Trinajstić information content (AvgIpc) is 3.13. The summed E-state index contributed by atoms with van der Waals surface area (Å²) in [5, 5.41) is 22.1. The lowest BCUT2D eigenvalue weighted by molar-refractivity contribution is 0.631. The summed E-state index contributed by atoms with van der Waals surface area (Å²) in [5.41, 5.74) is 1.71. The van der Waals surface area contributed by atoms with Gasteiger partial charge in [-0.05, 0) is 19.1 Å². The quantitative estimate of drug-likeness (QED) is 0.564. The van der Waals surface area contributed by atoms with Crippen molar-refractivity contribution in [2.24, 2.45) is 0 Å². The van der Waals surface area contributed by atoms with Crippen molar-refractivity contribution < 1.29 is 4.39 Å². The second-order valence-electron chi connectivity index (χ2n) is 5.77. The van der Waals surface area contributed by atoms with Gasteiger partial charge in [-0.25, -0.2) is 24.3 Å². The van der Waals surface area contributed by atoms with Gasteiger partial charge < -0.3 is 5.32 Å². The summed E-state index contributed by atoms with van der Waals surface area (Å²) in [6.45, 7) is 1.83. The van der Waals surface area contributed by atoms with Crippen LogP contribution in [-0.4, -0.2) is 19.9 Å². The molecule has 1 N–H and O–H groups in total. The zero-order valence-corrected chi connectivity index (χ0v) is 15.3. The molecule has 1 aromatic carbocycles. The van der Waals surface area contributed by atoms with Crippen LogP contribution in [0.1, 0.15) is 16.8 Å². The standard InChI is InChI=1S/C19H10FN7S/c1-10-5-14(25-9-24-10)26-18-17-16(12(7-22)8-23-18)27-19(28-17)15-11(6-21)3-2-4-13(15)20/h2-5,8-9H,1H3,(H,23,24,25,26). The van der Waals surface area contributed by atoms with Gasteiger partial charge in [0, 0.05) is 18.0 Å². The van der Waals surface area contributed by atoms with Gasteiger partial charge in [-0.15, -0.1) is 11.3 Å². The lowest BCUT2D eigenvalue weighted by Gasteiger charge is -2.05. The van der Waals surface area contributed by atoms with Crippen LogP contribution in [-0.2, 0) is 0 Å². The van der Waals surface area contributed by atoms with E-state index in [0.717, 1.165) is 17.0 Å². The Morgan fingerprint density at radius 3 is 2.68 bits per heavy atom. The third kappa shape index (κ3) is 3.00. The van der Waals surface area contributed by atoms with Crippen LogP contribution >= 0.6 is 11.3 Å². The zero-order valence-electron chi connectivity index (χ0n) is 14.4. The Balaban J connectivity index is 1.92. The number of aryl methyl sites for hydroxylation is 1. The summed E-state index contributed by atoms with van der Waals surface area (Å²) >= 11 is 1.15. The Morgan fingerprint density at radius 1 is 1.11 bits per heavy atom. The molecule has 3 aromatic heterocycles. The van der Waals surface area contributed by atoms with Crippen LogP contribution in [0, 0.1) is 35.4 Å². The number of pyridine rings is 1. The van der Waals surface area contributed by atoms with Gasteiger partial charge >= 0.3 is 0 Å². The van der Waals surface area contributed by atoms with Gasteiger partial charge in [0.2, 0.25) is 0 Å². The van der Waals surface area contributed by atoms with E-state index < -0.39 is 5.82 Å².